The van der Waals surface area contributed by atoms with Gasteiger partial charge in [-0.15, -0.1) is 0 Å². The number of nitrogens with one attached hydrogen (secondary N) is 1. The maximum Gasteiger partial charge on any atom is 0.203 e. The highest BCUT2D eigenvalue weighted by atomic mass is 15.2. The fraction of sp³-hybridized carbons (Fsp3) is 0.467. The zero-order chi connectivity index (χ0) is 13.7. The lowest BCUT2D eigenvalue weighted by atomic mass is 10.1. The van der Waals surface area contributed by atoms with E-state index in [4.69, 9.17) is 0 Å². The molecule has 0 amide bonds. The molecule has 2 aromatic heterocycles. The third-order valence-corrected chi connectivity index (χ3v) is 3.22. The van der Waals surface area contributed by atoms with Crippen LogP contribution in [0.1, 0.15) is 36.6 Å². The third-order valence-electron chi connectivity index (χ3n) is 3.22. The SMILES string of the molecule is CCCCn1cc(C)nc1NCc1ccncc1C. The molecule has 19 heavy (non-hydrogen) atoms. The number of unbranched alkanes of at least 4 members (excludes halogenated alkanes) is 1. The van der Waals surface area contributed by atoms with Gasteiger partial charge in [0.1, 0.15) is 0 Å². The van der Waals surface area contributed by atoms with Crippen LogP contribution in [0.15, 0.2) is 24.7 Å². The number of aromatic nitrogens is 3. The Morgan fingerprint density at radius 1 is 1.32 bits per heavy atom. The van der Waals surface area contributed by atoms with Crippen molar-refractivity contribution in [2.45, 2.75) is 46.7 Å². The van der Waals surface area contributed by atoms with E-state index in [1.165, 1.54) is 24.0 Å². The van der Waals surface area contributed by atoms with E-state index in [1.54, 1.807) is 0 Å². The molecule has 0 radical (unpaired) electrons. The van der Waals surface area contributed by atoms with Gasteiger partial charge in [-0.3, -0.25) is 4.98 Å². The van der Waals surface area contributed by atoms with Crippen molar-refractivity contribution < 1.29 is 0 Å². The molecule has 0 bridgehead atoms. The molecule has 0 unspecified atom stereocenters. The van der Waals surface area contributed by atoms with Crippen LogP contribution in [0.3, 0.4) is 0 Å². The van der Waals surface area contributed by atoms with Crippen molar-refractivity contribution in [3.05, 3.63) is 41.5 Å². The monoisotopic (exact) mass is 258 g/mol. The molecule has 0 aliphatic carbocycles. The summed E-state index contributed by atoms with van der Waals surface area (Å²) in [6.45, 7) is 8.13. The van der Waals surface area contributed by atoms with E-state index in [0.29, 0.717) is 0 Å². The van der Waals surface area contributed by atoms with Crippen LogP contribution in [0.2, 0.25) is 0 Å². The van der Waals surface area contributed by atoms with E-state index in [0.717, 1.165) is 24.7 Å². The van der Waals surface area contributed by atoms with Crippen molar-refractivity contribution in [1.29, 1.82) is 0 Å². The van der Waals surface area contributed by atoms with Gasteiger partial charge >= 0.3 is 0 Å². The number of anilines is 1. The topological polar surface area (TPSA) is 42.7 Å². The van der Waals surface area contributed by atoms with Crippen LogP contribution in [0.4, 0.5) is 5.95 Å². The Bertz CT molecular complexity index is 531. The lowest BCUT2D eigenvalue weighted by Gasteiger charge is -2.10. The van der Waals surface area contributed by atoms with Crippen LogP contribution in [0.25, 0.3) is 0 Å². The van der Waals surface area contributed by atoms with Gasteiger partial charge in [0.15, 0.2) is 0 Å². The third kappa shape index (κ3) is 3.56. The normalized spacial score (nSPS) is 10.7. The summed E-state index contributed by atoms with van der Waals surface area (Å²) in [6, 6.07) is 2.05. The predicted molar refractivity (Wildman–Crippen MR) is 78.2 cm³/mol. The highest BCUT2D eigenvalue weighted by Gasteiger charge is 2.05. The van der Waals surface area contributed by atoms with E-state index >= 15 is 0 Å². The maximum atomic E-state index is 4.54. The quantitative estimate of drug-likeness (QED) is 0.864. The Morgan fingerprint density at radius 3 is 2.89 bits per heavy atom. The van der Waals surface area contributed by atoms with Crippen LogP contribution in [0, 0.1) is 13.8 Å². The average Bonchev–Trinajstić information content (AvgIpc) is 2.76. The Balaban J connectivity index is 2.05. The van der Waals surface area contributed by atoms with Gasteiger partial charge in [-0.25, -0.2) is 4.98 Å². The average molecular weight is 258 g/mol. The van der Waals surface area contributed by atoms with Crippen molar-refractivity contribution in [2.24, 2.45) is 0 Å². The molecule has 0 aliphatic rings. The van der Waals surface area contributed by atoms with Gasteiger partial charge in [0.2, 0.25) is 5.95 Å². The number of aryl methyl sites for hydroxylation is 3. The van der Waals surface area contributed by atoms with E-state index in [9.17, 15) is 0 Å². The number of rotatable bonds is 6. The van der Waals surface area contributed by atoms with E-state index in [-0.39, 0.29) is 0 Å². The zero-order valence-corrected chi connectivity index (χ0v) is 12.0. The highest BCUT2D eigenvalue weighted by molar-refractivity contribution is 5.32. The summed E-state index contributed by atoms with van der Waals surface area (Å²) in [6.07, 6.45) is 8.21. The minimum Gasteiger partial charge on any atom is -0.352 e. The van der Waals surface area contributed by atoms with E-state index in [2.05, 4.69) is 46.0 Å². The first-order valence-corrected chi connectivity index (χ1v) is 6.88. The molecule has 4 heteroatoms. The standard InChI is InChI=1S/C15H22N4/c1-4-5-8-19-11-13(3)18-15(19)17-10-14-6-7-16-9-12(14)2/h6-7,9,11H,4-5,8,10H2,1-3H3,(H,17,18). The Labute approximate surface area is 114 Å². The fourth-order valence-electron chi connectivity index (χ4n) is 2.06. The zero-order valence-electron chi connectivity index (χ0n) is 12.0. The molecule has 0 aliphatic heterocycles. The molecular formula is C15H22N4. The minimum atomic E-state index is 0.789. The fourth-order valence-corrected chi connectivity index (χ4v) is 2.06. The van der Waals surface area contributed by atoms with Gasteiger partial charge < -0.3 is 9.88 Å². The predicted octanol–water partition coefficient (Wildman–Crippen LogP) is 3.31. The first kappa shape index (κ1) is 13.6. The largest absolute Gasteiger partial charge is 0.352 e. The number of hydrogen-bond donors (Lipinski definition) is 1. The van der Waals surface area contributed by atoms with Gasteiger partial charge in [-0.1, -0.05) is 13.3 Å². The summed E-state index contributed by atoms with van der Waals surface area (Å²) < 4.78 is 2.20. The van der Waals surface area contributed by atoms with Gasteiger partial charge in [0.25, 0.3) is 0 Å². The van der Waals surface area contributed by atoms with Crippen molar-refractivity contribution in [3.8, 4) is 0 Å². The minimum absolute atomic E-state index is 0.789. The van der Waals surface area contributed by atoms with Crippen LogP contribution in [-0.4, -0.2) is 14.5 Å². The molecule has 2 rings (SSSR count). The summed E-state index contributed by atoms with van der Waals surface area (Å²) >= 11 is 0. The molecule has 102 valence electrons. The smallest absolute Gasteiger partial charge is 0.203 e. The van der Waals surface area contributed by atoms with Gasteiger partial charge in [0, 0.05) is 31.7 Å². The van der Waals surface area contributed by atoms with Gasteiger partial charge in [-0.05, 0) is 37.5 Å². The second-order valence-corrected chi connectivity index (χ2v) is 4.91. The number of hydrogen-bond acceptors (Lipinski definition) is 3. The highest BCUT2D eigenvalue weighted by Crippen LogP contribution is 2.13. The van der Waals surface area contributed by atoms with E-state index in [1.807, 2.05) is 19.3 Å². The summed E-state index contributed by atoms with van der Waals surface area (Å²) in [5.41, 5.74) is 3.53. The van der Waals surface area contributed by atoms with Crippen molar-refractivity contribution >= 4 is 5.95 Å². The molecule has 1 N–H and O–H groups in total. The lowest BCUT2D eigenvalue weighted by Crippen LogP contribution is -2.08. The second-order valence-electron chi connectivity index (χ2n) is 4.91. The first-order valence-electron chi connectivity index (χ1n) is 6.88. The molecule has 4 nitrogen and oxygen atoms in total. The Hall–Kier alpha value is -1.84. The number of imidazole rings is 1. The molecule has 2 heterocycles. The summed E-state index contributed by atoms with van der Waals surface area (Å²) in [5.74, 6) is 0.960. The Kier molecular flexibility index (Phi) is 4.55. The van der Waals surface area contributed by atoms with Gasteiger partial charge in [0.05, 0.1) is 5.69 Å². The molecule has 0 saturated heterocycles. The van der Waals surface area contributed by atoms with Crippen LogP contribution >= 0.6 is 0 Å². The molecule has 0 aromatic carbocycles. The molecular weight excluding hydrogens is 236 g/mol. The van der Waals surface area contributed by atoms with Crippen LogP contribution < -0.4 is 5.32 Å². The summed E-state index contributed by atoms with van der Waals surface area (Å²) in [5, 5.41) is 3.42. The molecule has 0 spiro atoms. The van der Waals surface area contributed by atoms with Crippen LogP contribution in [0.5, 0.6) is 0 Å². The summed E-state index contributed by atoms with van der Waals surface area (Å²) in [4.78, 5) is 8.66. The number of pyridine rings is 1. The Morgan fingerprint density at radius 2 is 2.16 bits per heavy atom. The van der Waals surface area contributed by atoms with Crippen LogP contribution in [-0.2, 0) is 13.1 Å². The second kappa shape index (κ2) is 6.36. The first-order chi connectivity index (χ1) is 9.20. The van der Waals surface area contributed by atoms with Crippen molar-refractivity contribution in [1.82, 2.24) is 14.5 Å². The summed E-state index contributed by atoms with van der Waals surface area (Å²) in [7, 11) is 0. The molecule has 0 atom stereocenters. The van der Waals surface area contributed by atoms with Crippen molar-refractivity contribution in [3.63, 3.8) is 0 Å². The van der Waals surface area contributed by atoms with E-state index < -0.39 is 0 Å². The molecule has 2 aromatic rings. The maximum absolute atomic E-state index is 4.54. The van der Waals surface area contributed by atoms with Crippen molar-refractivity contribution in [2.75, 3.05) is 5.32 Å². The number of nitrogens with zero attached hydrogens (tertiary/aromatic N) is 3. The molecule has 0 saturated carbocycles. The lowest BCUT2D eigenvalue weighted by molar-refractivity contribution is 0.634. The molecule has 0 fully saturated rings. The van der Waals surface area contributed by atoms with Gasteiger partial charge in [-0.2, -0.15) is 0 Å².